The molecule has 0 radical (unpaired) electrons. The quantitative estimate of drug-likeness (QED) is 0.403. The predicted molar refractivity (Wildman–Crippen MR) is 113 cm³/mol. The monoisotopic (exact) mass is 495 g/mol. The lowest BCUT2D eigenvalue weighted by atomic mass is 10.1. The van der Waals surface area contributed by atoms with Gasteiger partial charge in [-0.15, -0.1) is 0 Å². The van der Waals surface area contributed by atoms with Crippen LogP contribution in [0, 0.1) is 0 Å². The van der Waals surface area contributed by atoms with Crippen LogP contribution in [0.15, 0.2) is 57.5 Å². The van der Waals surface area contributed by atoms with Gasteiger partial charge < -0.3 is 9.42 Å². The molecule has 0 aliphatic heterocycles. The highest BCUT2D eigenvalue weighted by molar-refractivity contribution is 9.10. The maximum Gasteiger partial charge on any atom is 0.416 e. The third kappa shape index (κ3) is 5.72. The number of hydrogen-bond donors (Lipinski definition) is 0. The molecular formula is C22H21BrF3N3O2. The number of aromatic nitrogens is 2. The SMILES string of the molecule is CCC(C)N(CCc1nc(-c2ccc(Br)cc2)no1)C(=O)c1ccc(C(F)(F)F)cc1. The molecule has 0 aliphatic carbocycles. The third-order valence-electron chi connectivity index (χ3n) is 4.98. The molecule has 0 spiro atoms. The Bertz CT molecular complexity index is 1020. The van der Waals surface area contributed by atoms with Gasteiger partial charge in [0.25, 0.3) is 5.91 Å². The number of benzene rings is 2. The normalized spacial score (nSPS) is 12.6. The van der Waals surface area contributed by atoms with E-state index >= 15 is 0 Å². The van der Waals surface area contributed by atoms with Gasteiger partial charge in [-0.2, -0.15) is 18.2 Å². The van der Waals surface area contributed by atoms with Gasteiger partial charge in [-0.05, 0) is 61.9 Å². The largest absolute Gasteiger partial charge is 0.416 e. The summed E-state index contributed by atoms with van der Waals surface area (Å²) in [5, 5.41) is 3.98. The maximum atomic E-state index is 13.0. The van der Waals surface area contributed by atoms with Gasteiger partial charge in [0.2, 0.25) is 11.7 Å². The standard InChI is InChI=1S/C22H21BrF3N3O2/c1-3-14(2)29(21(30)16-4-8-17(9-5-16)22(24,25)26)13-12-19-27-20(28-31-19)15-6-10-18(23)11-7-15/h4-11,14H,3,12-13H2,1-2H3. The van der Waals surface area contributed by atoms with Crippen LogP contribution in [-0.2, 0) is 12.6 Å². The van der Waals surface area contributed by atoms with E-state index in [4.69, 9.17) is 4.52 Å². The number of carbonyl (C=O) groups excluding carboxylic acids is 1. The summed E-state index contributed by atoms with van der Waals surface area (Å²) in [6.45, 7) is 4.13. The highest BCUT2D eigenvalue weighted by Crippen LogP contribution is 2.29. The van der Waals surface area contributed by atoms with Crippen LogP contribution < -0.4 is 0 Å². The number of alkyl halides is 3. The van der Waals surface area contributed by atoms with Crippen molar-refractivity contribution in [3.8, 4) is 11.4 Å². The third-order valence-corrected chi connectivity index (χ3v) is 5.51. The summed E-state index contributed by atoms with van der Waals surface area (Å²) in [4.78, 5) is 19.0. The zero-order valence-electron chi connectivity index (χ0n) is 17.0. The molecule has 1 heterocycles. The van der Waals surface area contributed by atoms with E-state index in [0.717, 1.165) is 22.2 Å². The minimum Gasteiger partial charge on any atom is -0.339 e. The molecule has 1 aromatic heterocycles. The van der Waals surface area contributed by atoms with Crippen LogP contribution in [0.3, 0.4) is 0 Å². The van der Waals surface area contributed by atoms with Crippen LogP contribution in [0.5, 0.6) is 0 Å². The highest BCUT2D eigenvalue weighted by Gasteiger charge is 2.30. The van der Waals surface area contributed by atoms with Crippen molar-refractivity contribution in [1.82, 2.24) is 15.0 Å². The van der Waals surface area contributed by atoms with Crippen LogP contribution in [0.4, 0.5) is 13.2 Å². The number of carbonyl (C=O) groups is 1. The zero-order chi connectivity index (χ0) is 22.6. The lowest BCUT2D eigenvalue weighted by Gasteiger charge is -2.28. The van der Waals surface area contributed by atoms with Crippen LogP contribution in [0.25, 0.3) is 11.4 Å². The number of rotatable bonds is 7. The molecule has 1 amide bonds. The Hall–Kier alpha value is -2.68. The van der Waals surface area contributed by atoms with Crippen LogP contribution in [0.1, 0.15) is 42.1 Å². The van der Waals surface area contributed by atoms with Gasteiger partial charge >= 0.3 is 6.18 Å². The molecule has 0 N–H and O–H groups in total. The molecule has 3 rings (SSSR count). The fraction of sp³-hybridized carbons (Fsp3) is 0.318. The van der Waals surface area contributed by atoms with Gasteiger partial charge in [-0.25, -0.2) is 0 Å². The van der Waals surface area contributed by atoms with Crippen molar-refractivity contribution >= 4 is 21.8 Å². The second-order valence-electron chi connectivity index (χ2n) is 7.10. The molecule has 1 unspecified atom stereocenters. The van der Waals surface area contributed by atoms with Gasteiger partial charge in [-0.1, -0.05) is 28.0 Å². The molecule has 164 valence electrons. The lowest BCUT2D eigenvalue weighted by molar-refractivity contribution is -0.137. The summed E-state index contributed by atoms with van der Waals surface area (Å²) in [7, 11) is 0. The molecule has 31 heavy (non-hydrogen) atoms. The number of hydrogen-bond acceptors (Lipinski definition) is 4. The molecule has 0 fully saturated rings. The summed E-state index contributed by atoms with van der Waals surface area (Å²) in [5.74, 6) is 0.494. The van der Waals surface area contributed by atoms with Crippen LogP contribution >= 0.6 is 15.9 Å². The van der Waals surface area contributed by atoms with E-state index in [1.807, 2.05) is 38.1 Å². The Balaban J connectivity index is 1.72. The van der Waals surface area contributed by atoms with Crippen molar-refractivity contribution in [2.24, 2.45) is 0 Å². The molecular weight excluding hydrogens is 475 g/mol. The molecule has 0 bridgehead atoms. The van der Waals surface area contributed by atoms with Crippen molar-refractivity contribution < 1.29 is 22.5 Å². The van der Waals surface area contributed by atoms with Crippen molar-refractivity contribution in [2.45, 2.75) is 38.9 Å². The van der Waals surface area contributed by atoms with E-state index in [-0.39, 0.29) is 17.5 Å². The molecule has 2 aromatic carbocycles. The van der Waals surface area contributed by atoms with Gasteiger partial charge in [0.15, 0.2) is 0 Å². The van der Waals surface area contributed by atoms with E-state index < -0.39 is 11.7 Å². The summed E-state index contributed by atoms with van der Waals surface area (Å²) in [6.07, 6.45) is -3.41. The van der Waals surface area contributed by atoms with E-state index in [2.05, 4.69) is 26.1 Å². The molecule has 0 saturated heterocycles. The van der Waals surface area contributed by atoms with E-state index in [1.165, 1.54) is 12.1 Å². The molecule has 0 saturated carbocycles. The van der Waals surface area contributed by atoms with E-state index in [0.29, 0.717) is 31.1 Å². The summed E-state index contributed by atoms with van der Waals surface area (Å²) < 4.78 is 44.6. The molecule has 5 nitrogen and oxygen atoms in total. The summed E-state index contributed by atoms with van der Waals surface area (Å²) >= 11 is 3.37. The average molecular weight is 496 g/mol. The first kappa shape index (κ1) is 23.0. The van der Waals surface area contributed by atoms with Gasteiger partial charge in [-0.3, -0.25) is 4.79 Å². The Kier molecular flexibility index (Phi) is 7.15. The highest BCUT2D eigenvalue weighted by atomic mass is 79.9. The maximum absolute atomic E-state index is 13.0. The smallest absolute Gasteiger partial charge is 0.339 e. The molecule has 0 aliphatic rings. The lowest BCUT2D eigenvalue weighted by Crippen LogP contribution is -2.39. The second kappa shape index (κ2) is 9.64. The number of nitrogens with zero attached hydrogens (tertiary/aromatic N) is 3. The Morgan fingerprint density at radius 1 is 1.13 bits per heavy atom. The van der Waals surface area contributed by atoms with Crippen LogP contribution in [-0.4, -0.2) is 33.5 Å². The zero-order valence-corrected chi connectivity index (χ0v) is 18.6. The van der Waals surface area contributed by atoms with Crippen molar-refractivity contribution in [1.29, 1.82) is 0 Å². The molecule has 1 atom stereocenters. The summed E-state index contributed by atoms with van der Waals surface area (Å²) in [6, 6.07) is 11.6. The molecule has 3 aromatic rings. The van der Waals surface area contributed by atoms with E-state index in [9.17, 15) is 18.0 Å². The van der Waals surface area contributed by atoms with Gasteiger partial charge in [0, 0.05) is 34.6 Å². The first-order valence-electron chi connectivity index (χ1n) is 9.75. The fourth-order valence-electron chi connectivity index (χ4n) is 3.00. The summed E-state index contributed by atoms with van der Waals surface area (Å²) in [5.41, 5.74) is 0.220. The molecule has 9 heteroatoms. The van der Waals surface area contributed by atoms with Crippen molar-refractivity contribution in [3.05, 3.63) is 70.0 Å². The Morgan fingerprint density at radius 3 is 2.35 bits per heavy atom. The minimum atomic E-state index is -4.44. The fourth-order valence-corrected chi connectivity index (χ4v) is 3.26. The predicted octanol–water partition coefficient (Wildman–Crippen LogP) is 6.00. The van der Waals surface area contributed by atoms with Crippen molar-refractivity contribution in [2.75, 3.05) is 6.54 Å². The minimum absolute atomic E-state index is 0.108. The number of amides is 1. The van der Waals surface area contributed by atoms with Crippen molar-refractivity contribution in [3.63, 3.8) is 0 Å². The average Bonchev–Trinajstić information content (AvgIpc) is 3.22. The topological polar surface area (TPSA) is 59.2 Å². The Morgan fingerprint density at radius 2 is 1.77 bits per heavy atom. The van der Waals surface area contributed by atoms with Crippen LogP contribution in [0.2, 0.25) is 0 Å². The van der Waals surface area contributed by atoms with E-state index in [1.54, 1.807) is 4.90 Å². The first-order chi connectivity index (χ1) is 14.7. The van der Waals surface area contributed by atoms with Gasteiger partial charge in [0.05, 0.1) is 5.56 Å². The first-order valence-corrected chi connectivity index (χ1v) is 10.5. The van der Waals surface area contributed by atoms with Gasteiger partial charge in [0.1, 0.15) is 0 Å². The Labute approximate surface area is 186 Å². The number of halogens is 4. The second-order valence-corrected chi connectivity index (χ2v) is 8.02.